The van der Waals surface area contributed by atoms with Crippen molar-refractivity contribution in [1.82, 2.24) is 9.88 Å². The van der Waals surface area contributed by atoms with E-state index in [1.54, 1.807) is 24.2 Å². The van der Waals surface area contributed by atoms with Crippen LogP contribution >= 0.6 is 11.3 Å². The van der Waals surface area contributed by atoms with Gasteiger partial charge in [0.15, 0.2) is 5.69 Å². The van der Waals surface area contributed by atoms with Gasteiger partial charge in [-0.05, 0) is 43.0 Å². The molecule has 0 saturated carbocycles. The van der Waals surface area contributed by atoms with Gasteiger partial charge in [-0.1, -0.05) is 43.0 Å². The SMILES string of the molecule is C=Cc1c(C)cc(C(=O)N(CCCc2ccccc2)Cc2nc(C(=O)O)cs2)cc1OC. The Hall–Kier alpha value is -3.45. The summed E-state index contributed by atoms with van der Waals surface area (Å²) in [5.74, 6) is -0.632. The molecule has 1 N–H and O–H groups in total. The summed E-state index contributed by atoms with van der Waals surface area (Å²) < 4.78 is 5.46. The van der Waals surface area contributed by atoms with Crippen molar-refractivity contribution in [3.63, 3.8) is 0 Å². The van der Waals surface area contributed by atoms with E-state index in [0.717, 1.165) is 24.0 Å². The molecule has 1 amide bonds. The lowest BCUT2D eigenvalue weighted by atomic mass is 10.0. The van der Waals surface area contributed by atoms with E-state index >= 15 is 0 Å². The predicted octanol–water partition coefficient (Wildman–Crippen LogP) is 5.08. The first kappa shape index (κ1) is 23.2. The first-order valence-corrected chi connectivity index (χ1v) is 11.1. The van der Waals surface area contributed by atoms with Gasteiger partial charge in [0.1, 0.15) is 10.8 Å². The van der Waals surface area contributed by atoms with Gasteiger partial charge in [-0.15, -0.1) is 11.3 Å². The maximum absolute atomic E-state index is 13.5. The fraction of sp³-hybridized carbons (Fsp3) is 0.240. The number of aromatic carboxylic acids is 1. The number of thiazole rings is 1. The number of aryl methyl sites for hydroxylation is 2. The number of nitrogens with zero attached hydrogens (tertiary/aromatic N) is 2. The third kappa shape index (κ3) is 5.62. The highest BCUT2D eigenvalue weighted by molar-refractivity contribution is 7.09. The number of benzene rings is 2. The molecule has 32 heavy (non-hydrogen) atoms. The van der Waals surface area contributed by atoms with Crippen LogP contribution in [0.5, 0.6) is 5.75 Å². The fourth-order valence-electron chi connectivity index (χ4n) is 3.52. The highest BCUT2D eigenvalue weighted by Gasteiger charge is 2.21. The molecule has 0 unspecified atom stereocenters. The second-order valence-corrected chi connectivity index (χ2v) is 8.30. The van der Waals surface area contributed by atoms with E-state index in [0.29, 0.717) is 22.9 Å². The van der Waals surface area contributed by atoms with Gasteiger partial charge in [0.25, 0.3) is 5.91 Å². The van der Waals surface area contributed by atoms with E-state index in [2.05, 4.69) is 23.7 Å². The van der Waals surface area contributed by atoms with Crippen LogP contribution in [0.25, 0.3) is 6.08 Å². The summed E-state index contributed by atoms with van der Waals surface area (Å²) in [5.41, 5.74) is 3.46. The third-order valence-electron chi connectivity index (χ3n) is 5.14. The molecular formula is C25H26N2O4S. The minimum atomic E-state index is -1.07. The summed E-state index contributed by atoms with van der Waals surface area (Å²) in [5, 5.41) is 11.2. The number of ether oxygens (including phenoxy) is 1. The molecule has 3 rings (SSSR count). The molecule has 0 spiro atoms. The Morgan fingerprint density at radius 1 is 1.25 bits per heavy atom. The molecule has 2 aromatic carbocycles. The predicted molar refractivity (Wildman–Crippen MR) is 126 cm³/mol. The molecule has 0 radical (unpaired) electrons. The molecule has 3 aromatic rings. The Balaban J connectivity index is 1.84. The maximum atomic E-state index is 13.5. The Kier molecular flexibility index (Phi) is 7.78. The second-order valence-electron chi connectivity index (χ2n) is 7.36. The zero-order chi connectivity index (χ0) is 23.1. The smallest absolute Gasteiger partial charge is 0.355 e. The van der Waals surface area contributed by atoms with Gasteiger partial charge in [-0.25, -0.2) is 9.78 Å². The molecule has 0 bridgehead atoms. The van der Waals surface area contributed by atoms with Crippen LogP contribution in [0.15, 0.2) is 54.4 Å². The van der Waals surface area contributed by atoms with Crippen molar-refractivity contribution in [2.45, 2.75) is 26.3 Å². The van der Waals surface area contributed by atoms with Gasteiger partial charge in [-0.3, -0.25) is 4.79 Å². The van der Waals surface area contributed by atoms with E-state index < -0.39 is 5.97 Å². The molecular weight excluding hydrogens is 424 g/mol. The first-order chi connectivity index (χ1) is 15.4. The van der Waals surface area contributed by atoms with Crippen molar-refractivity contribution in [3.8, 4) is 5.75 Å². The van der Waals surface area contributed by atoms with Crippen LogP contribution in [0.4, 0.5) is 0 Å². The zero-order valence-electron chi connectivity index (χ0n) is 18.2. The third-order valence-corrected chi connectivity index (χ3v) is 5.97. The van der Waals surface area contributed by atoms with Gasteiger partial charge < -0.3 is 14.7 Å². The molecule has 7 heteroatoms. The van der Waals surface area contributed by atoms with E-state index in [1.165, 1.54) is 22.3 Å². The number of carbonyl (C=O) groups excluding carboxylic acids is 1. The Morgan fingerprint density at radius 3 is 2.62 bits per heavy atom. The Bertz CT molecular complexity index is 1110. The zero-order valence-corrected chi connectivity index (χ0v) is 19.0. The summed E-state index contributed by atoms with van der Waals surface area (Å²) in [7, 11) is 1.57. The van der Waals surface area contributed by atoms with E-state index in [-0.39, 0.29) is 18.1 Å². The number of rotatable bonds is 10. The van der Waals surface area contributed by atoms with Crippen molar-refractivity contribution < 1.29 is 19.4 Å². The van der Waals surface area contributed by atoms with Crippen molar-refractivity contribution in [1.29, 1.82) is 0 Å². The normalized spacial score (nSPS) is 10.6. The number of aromatic nitrogens is 1. The van der Waals surface area contributed by atoms with Crippen LogP contribution in [0.3, 0.4) is 0 Å². The van der Waals surface area contributed by atoms with Crippen molar-refractivity contribution in [3.05, 3.63) is 87.4 Å². The average Bonchev–Trinajstić information content (AvgIpc) is 3.27. The van der Waals surface area contributed by atoms with Crippen LogP contribution < -0.4 is 4.74 Å². The van der Waals surface area contributed by atoms with E-state index in [4.69, 9.17) is 9.84 Å². The molecule has 0 saturated heterocycles. The number of carboxylic acids is 1. The lowest BCUT2D eigenvalue weighted by Gasteiger charge is -2.23. The summed E-state index contributed by atoms with van der Waals surface area (Å²) in [6.07, 6.45) is 3.32. The van der Waals surface area contributed by atoms with Gasteiger partial charge in [-0.2, -0.15) is 0 Å². The second kappa shape index (κ2) is 10.7. The standard InChI is InChI=1S/C25H26N2O4S/c1-4-20-17(2)13-19(14-22(20)31-3)24(28)27(12-8-11-18-9-6-5-7-10-18)15-23-26-21(16-32-23)25(29)30/h4-7,9-10,13-14,16H,1,8,11-12,15H2,2-3H3,(H,29,30). The molecule has 0 aliphatic rings. The van der Waals surface area contributed by atoms with Crippen LogP contribution in [0, 0.1) is 6.92 Å². The topological polar surface area (TPSA) is 79.7 Å². The van der Waals surface area contributed by atoms with Crippen molar-refractivity contribution >= 4 is 29.3 Å². The number of methoxy groups -OCH3 is 1. The molecule has 6 nitrogen and oxygen atoms in total. The molecule has 0 fully saturated rings. The van der Waals surface area contributed by atoms with E-state index in [1.807, 2.05) is 31.2 Å². The number of hydrogen-bond donors (Lipinski definition) is 1. The van der Waals surface area contributed by atoms with Crippen molar-refractivity contribution in [2.24, 2.45) is 0 Å². The quantitative estimate of drug-likeness (QED) is 0.466. The Labute approximate surface area is 191 Å². The molecule has 0 aliphatic heterocycles. The number of carboxylic acid groups (broad SMARTS) is 1. The average molecular weight is 451 g/mol. The highest BCUT2D eigenvalue weighted by atomic mass is 32.1. The molecule has 0 aliphatic carbocycles. The Morgan fingerprint density at radius 2 is 2.00 bits per heavy atom. The number of hydrogen-bond acceptors (Lipinski definition) is 5. The van der Waals surface area contributed by atoms with Gasteiger partial charge in [0.05, 0.1) is 13.7 Å². The maximum Gasteiger partial charge on any atom is 0.355 e. The van der Waals surface area contributed by atoms with Crippen LogP contribution in [-0.2, 0) is 13.0 Å². The molecule has 166 valence electrons. The fourth-order valence-corrected chi connectivity index (χ4v) is 4.30. The minimum Gasteiger partial charge on any atom is -0.496 e. The number of amides is 1. The largest absolute Gasteiger partial charge is 0.496 e. The lowest BCUT2D eigenvalue weighted by Crippen LogP contribution is -2.32. The van der Waals surface area contributed by atoms with E-state index in [9.17, 15) is 9.59 Å². The van der Waals surface area contributed by atoms with Gasteiger partial charge in [0, 0.05) is 23.1 Å². The van der Waals surface area contributed by atoms with Crippen LogP contribution in [-0.4, -0.2) is 40.5 Å². The summed E-state index contributed by atoms with van der Waals surface area (Å²) in [4.78, 5) is 30.5. The highest BCUT2D eigenvalue weighted by Crippen LogP contribution is 2.27. The summed E-state index contributed by atoms with van der Waals surface area (Å²) in [6, 6.07) is 13.7. The monoisotopic (exact) mass is 450 g/mol. The van der Waals surface area contributed by atoms with Crippen LogP contribution in [0.1, 0.15) is 49.0 Å². The molecule has 0 atom stereocenters. The summed E-state index contributed by atoms with van der Waals surface area (Å²) in [6.45, 7) is 6.49. The lowest BCUT2D eigenvalue weighted by molar-refractivity contribution is 0.0691. The minimum absolute atomic E-state index is 0.00506. The molecule has 1 heterocycles. The first-order valence-electron chi connectivity index (χ1n) is 10.2. The molecule has 1 aromatic heterocycles. The number of carbonyl (C=O) groups is 2. The van der Waals surface area contributed by atoms with Crippen LogP contribution in [0.2, 0.25) is 0 Å². The summed E-state index contributed by atoms with van der Waals surface area (Å²) >= 11 is 1.24. The van der Waals surface area contributed by atoms with Gasteiger partial charge >= 0.3 is 5.97 Å². The van der Waals surface area contributed by atoms with Crippen molar-refractivity contribution in [2.75, 3.05) is 13.7 Å². The van der Waals surface area contributed by atoms with Gasteiger partial charge in [0.2, 0.25) is 0 Å².